The zero-order valence-electron chi connectivity index (χ0n) is 14.5. The molecule has 1 aromatic heterocycles. The highest BCUT2D eigenvalue weighted by molar-refractivity contribution is 7.09. The topological polar surface area (TPSA) is 28.2 Å². The molecule has 4 heteroatoms. The van der Waals surface area contributed by atoms with Crippen LogP contribution >= 0.6 is 11.3 Å². The third kappa shape index (κ3) is 3.85. The van der Waals surface area contributed by atoms with E-state index < -0.39 is 0 Å². The van der Waals surface area contributed by atoms with Gasteiger partial charge in [-0.3, -0.25) is 4.90 Å². The number of nitrogens with zero attached hydrogens (tertiary/aromatic N) is 2. The Bertz CT molecular complexity index is 453. The van der Waals surface area contributed by atoms with Crippen LogP contribution in [0, 0.1) is 0 Å². The maximum atomic E-state index is 4.87. The molecule has 3 nitrogen and oxygen atoms in total. The largest absolute Gasteiger partial charge is 0.315 e. The fraction of sp³-hybridized carbons (Fsp3) is 0.824. The van der Waals surface area contributed by atoms with Crippen molar-refractivity contribution in [3.05, 3.63) is 16.1 Å². The fourth-order valence-electron chi connectivity index (χ4n) is 3.14. The summed E-state index contributed by atoms with van der Waals surface area (Å²) in [7, 11) is 2.08. The van der Waals surface area contributed by atoms with Crippen molar-refractivity contribution in [2.45, 2.75) is 70.9 Å². The quantitative estimate of drug-likeness (QED) is 0.903. The summed E-state index contributed by atoms with van der Waals surface area (Å²) >= 11 is 1.81. The van der Waals surface area contributed by atoms with Crippen LogP contribution in [-0.2, 0) is 11.8 Å². The Kier molecular flexibility index (Phi) is 5.11. The minimum Gasteiger partial charge on any atom is -0.315 e. The predicted octanol–water partition coefficient (Wildman–Crippen LogP) is 3.45. The van der Waals surface area contributed by atoms with Crippen LogP contribution < -0.4 is 5.32 Å². The Morgan fingerprint density at radius 1 is 1.24 bits per heavy atom. The summed E-state index contributed by atoms with van der Waals surface area (Å²) in [5.41, 5.74) is 1.55. The number of hydrogen-bond donors (Lipinski definition) is 1. The normalized spacial score (nSPS) is 19.1. The Hall–Kier alpha value is -0.450. The molecule has 1 aliphatic heterocycles. The molecule has 0 bridgehead atoms. The molecule has 1 fully saturated rings. The van der Waals surface area contributed by atoms with Crippen LogP contribution in [-0.4, -0.2) is 41.6 Å². The van der Waals surface area contributed by atoms with Crippen molar-refractivity contribution < 1.29 is 0 Å². The third-order valence-corrected chi connectivity index (χ3v) is 5.69. The van der Waals surface area contributed by atoms with Gasteiger partial charge in [-0.1, -0.05) is 20.8 Å². The second kappa shape index (κ2) is 6.35. The lowest BCUT2D eigenvalue weighted by Gasteiger charge is -2.42. The zero-order chi connectivity index (χ0) is 15.7. The molecule has 1 unspecified atom stereocenters. The van der Waals surface area contributed by atoms with Crippen LogP contribution in [0.4, 0.5) is 0 Å². The molecule has 120 valence electrons. The highest BCUT2D eigenvalue weighted by Gasteiger charge is 2.36. The van der Waals surface area contributed by atoms with Crippen molar-refractivity contribution in [2.75, 3.05) is 20.1 Å². The molecule has 0 spiro atoms. The third-order valence-electron chi connectivity index (χ3n) is 4.82. The van der Waals surface area contributed by atoms with E-state index in [0.717, 1.165) is 6.42 Å². The molecule has 0 saturated carbocycles. The van der Waals surface area contributed by atoms with Gasteiger partial charge in [-0.05, 0) is 46.8 Å². The van der Waals surface area contributed by atoms with Crippen molar-refractivity contribution in [1.29, 1.82) is 0 Å². The highest BCUT2D eigenvalue weighted by Crippen LogP contribution is 2.29. The van der Waals surface area contributed by atoms with Crippen LogP contribution in [0.5, 0.6) is 0 Å². The van der Waals surface area contributed by atoms with Gasteiger partial charge in [0.15, 0.2) is 0 Å². The van der Waals surface area contributed by atoms with Gasteiger partial charge in [-0.25, -0.2) is 4.98 Å². The summed E-state index contributed by atoms with van der Waals surface area (Å²) in [6.07, 6.45) is 3.69. The highest BCUT2D eigenvalue weighted by atomic mass is 32.1. The number of hydrogen-bond acceptors (Lipinski definition) is 4. The maximum Gasteiger partial charge on any atom is 0.0944 e. The number of thiazole rings is 1. The second-order valence-electron chi connectivity index (χ2n) is 7.77. The van der Waals surface area contributed by atoms with Gasteiger partial charge in [0, 0.05) is 28.8 Å². The Morgan fingerprint density at radius 2 is 1.86 bits per heavy atom. The fourth-order valence-corrected chi connectivity index (χ4v) is 4.21. The molecule has 1 aliphatic rings. The number of aromatic nitrogens is 1. The van der Waals surface area contributed by atoms with Gasteiger partial charge in [0.05, 0.1) is 10.7 Å². The van der Waals surface area contributed by atoms with E-state index in [9.17, 15) is 0 Å². The van der Waals surface area contributed by atoms with Crippen LogP contribution in [0.1, 0.15) is 58.2 Å². The first-order valence-corrected chi connectivity index (χ1v) is 9.00. The van der Waals surface area contributed by atoms with Crippen LogP contribution in [0.3, 0.4) is 0 Å². The average Bonchev–Trinajstić information content (AvgIpc) is 3.06. The van der Waals surface area contributed by atoms with E-state index in [4.69, 9.17) is 4.98 Å². The van der Waals surface area contributed by atoms with Gasteiger partial charge in [-0.2, -0.15) is 0 Å². The summed E-state index contributed by atoms with van der Waals surface area (Å²) in [6.45, 7) is 13.9. The number of likely N-dealkylation sites (N-methyl/N-ethyl adjacent to an activating group) is 1. The monoisotopic (exact) mass is 309 g/mol. The average molecular weight is 310 g/mol. The summed E-state index contributed by atoms with van der Waals surface area (Å²) in [6, 6.07) is 0.439. The number of likely N-dealkylation sites (tertiary alicyclic amines) is 1. The molecule has 0 aromatic carbocycles. The van der Waals surface area contributed by atoms with E-state index in [2.05, 4.69) is 57.3 Å². The van der Waals surface area contributed by atoms with Crippen LogP contribution in [0.15, 0.2) is 5.38 Å². The van der Waals surface area contributed by atoms with Gasteiger partial charge in [0.25, 0.3) is 0 Å². The van der Waals surface area contributed by atoms with E-state index in [1.54, 1.807) is 0 Å². The van der Waals surface area contributed by atoms with Gasteiger partial charge in [-0.15, -0.1) is 11.3 Å². The van der Waals surface area contributed by atoms with Crippen molar-refractivity contribution in [2.24, 2.45) is 0 Å². The summed E-state index contributed by atoms with van der Waals surface area (Å²) < 4.78 is 0. The Balaban J connectivity index is 2.09. The first-order valence-electron chi connectivity index (χ1n) is 8.12. The van der Waals surface area contributed by atoms with Gasteiger partial charge >= 0.3 is 0 Å². The van der Waals surface area contributed by atoms with Gasteiger partial charge < -0.3 is 5.32 Å². The predicted molar refractivity (Wildman–Crippen MR) is 92.3 cm³/mol. The SMILES string of the molecule is CNC(Cc1nc(C(C)(C)C)cs1)C(C)(C)N1CCCC1. The van der Waals surface area contributed by atoms with E-state index >= 15 is 0 Å². The molecule has 0 aliphatic carbocycles. The molecule has 21 heavy (non-hydrogen) atoms. The molecule has 2 heterocycles. The van der Waals surface area contributed by atoms with Crippen molar-refractivity contribution in [3.8, 4) is 0 Å². The molecule has 0 amide bonds. The van der Waals surface area contributed by atoms with Crippen molar-refractivity contribution in [3.63, 3.8) is 0 Å². The summed E-state index contributed by atoms with van der Waals surface area (Å²) in [5.74, 6) is 0. The first-order chi connectivity index (χ1) is 9.75. The van der Waals surface area contributed by atoms with E-state index in [1.807, 2.05) is 11.3 Å². The number of nitrogens with one attached hydrogen (secondary N) is 1. The molecule has 1 atom stereocenters. The maximum absolute atomic E-state index is 4.87. The van der Waals surface area contributed by atoms with Crippen molar-refractivity contribution >= 4 is 11.3 Å². The smallest absolute Gasteiger partial charge is 0.0944 e. The molecule has 1 aromatic rings. The molecule has 0 radical (unpaired) electrons. The Morgan fingerprint density at radius 3 is 2.33 bits per heavy atom. The van der Waals surface area contributed by atoms with E-state index in [-0.39, 0.29) is 11.0 Å². The summed E-state index contributed by atoms with van der Waals surface area (Å²) in [4.78, 5) is 7.50. The molecule has 1 saturated heterocycles. The summed E-state index contributed by atoms with van der Waals surface area (Å²) in [5, 5.41) is 7.02. The minimum absolute atomic E-state index is 0.147. The van der Waals surface area contributed by atoms with E-state index in [0.29, 0.717) is 6.04 Å². The molecular weight excluding hydrogens is 278 g/mol. The lowest BCUT2D eigenvalue weighted by atomic mass is 9.90. The molecule has 1 N–H and O–H groups in total. The Labute approximate surface area is 134 Å². The molecule has 2 rings (SSSR count). The zero-order valence-corrected chi connectivity index (χ0v) is 15.3. The van der Waals surface area contributed by atoms with Gasteiger partial charge in [0.1, 0.15) is 0 Å². The van der Waals surface area contributed by atoms with E-state index in [1.165, 1.54) is 36.6 Å². The molecular formula is C17H31N3S. The lowest BCUT2D eigenvalue weighted by Crippen LogP contribution is -2.57. The van der Waals surface area contributed by atoms with Crippen molar-refractivity contribution in [1.82, 2.24) is 15.2 Å². The first kappa shape index (κ1) is 16.9. The second-order valence-corrected chi connectivity index (χ2v) is 8.71. The van der Waals surface area contributed by atoms with Crippen LogP contribution in [0.2, 0.25) is 0 Å². The number of rotatable bonds is 5. The lowest BCUT2D eigenvalue weighted by molar-refractivity contribution is 0.110. The standard InChI is InChI=1S/C17H31N3S/c1-16(2,3)14-12-21-15(19-14)11-13(18-6)17(4,5)20-9-7-8-10-20/h12-13,18H,7-11H2,1-6H3. The minimum atomic E-state index is 0.147. The van der Waals surface area contributed by atoms with Crippen LogP contribution in [0.25, 0.3) is 0 Å². The van der Waals surface area contributed by atoms with Gasteiger partial charge in [0.2, 0.25) is 0 Å².